The van der Waals surface area contributed by atoms with E-state index in [1.54, 1.807) is 0 Å². The van der Waals surface area contributed by atoms with Crippen LogP contribution in [0.2, 0.25) is 0 Å². The Balaban J connectivity index is 0.000000466. The zero-order valence-corrected chi connectivity index (χ0v) is 18.8. The van der Waals surface area contributed by atoms with Crippen molar-refractivity contribution in [2.45, 2.75) is 52.6 Å². The molecule has 3 N–H and O–H groups in total. The van der Waals surface area contributed by atoms with Gasteiger partial charge in [0, 0.05) is 18.4 Å². The molecule has 0 atom stereocenters. The van der Waals surface area contributed by atoms with Crippen molar-refractivity contribution in [2.75, 3.05) is 11.9 Å². The number of ether oxygens (including phenoxy) is 1. The fraction of sp³-hybridized carbons (Fsp3) is 0.435. The van der Waals surface area contributed by atoms with Gasteiger partial charge in [-0.05, 0) is 24.0 Å². The number of benzene rings is 2. The highest BCUT2D eigenvalue weighted by molar-refractivity contribution is 9.09. The molecule has 0 fully saturated rings. The van der Waals surface area contributed by atoms with Crippen molar-refractivity contribution in [2.24, 2.45) is 5.73 Å². The van der Waals surface area contributed by atoms with Crippen LogP contribution in [-0.4, -0.2) is 18.0 Å². The fourth-order valence-corrected chi connectivity index (χ4v) is 2.44. The average molecular weight is 451 g/mol. The molecular formula is C23H35BrN2O2. The van der Waals surface area contributed by atoms with Crippen molar-refractivity contribution < 1.29 is 9.53 Å². The van der Waals surface area contributed by atoms with E-state index in [2.05, 4.69) is 35.1 Å². The van der Waals surface area contributed by atoms with E-state index in [9.17, 15) is 4.79 Å². The maximum atomic E-state index is 11.2. The highest BCUT2D eigenvalue weighted by Gasteiger charge is 2.00. The van der Waals surface area contributed by atoms with Gasteiger partial charge in [-0.3, -0.25) is 0 Å². The lowest BCUT2D eigenvalue weighted by molar-refractivity contribution is 0.144. The first-order valence-corrected chi connectivity index (χ1v) is 11.0. The third kappa shape index (κ3) is 16.3. The van der Waals surface area contributed by atoms with E-state index in [4.69, 9.17) is 10.5 Å². The molecule has 28 heavy (non-hydrogen) atoms. The van der Waals surface area contributed by atoms with Crippen molar-refractivity contribution in [1.29, 1.82) is 0 Å². The van der Waals surface area contributed by atoms with Gasteiger partial charge in [-0.1, -0.05) is 103 Å². The Morgan fingerprint density at radius 1 is 0.929 bits per heavy atom. The Labute approximate surface area is 179 Å². The van der Waals surface area contributed by atoms with Gasteiger partial charge in [0.25, 0.3) is 0 Å². The average Bonchev–Trinajstić information content (AvgIpc) is 2.75. The third-order valence-electron chi connectivity index (χ3n) is 3.58. The van der Waals surface area contributed by atoms with Crippen LogP contribution in [0.25, 0.3) is 0 Å². The monoisotopic (exact) mass is 450 g/mol. The topological polar surface area (TPSA) is 64.3 Å². The van der Waals surface area contributed by atoms with E-state index in [1.165, 1.54) is 18.4 Å². The van der Waals surface area contributed by atoms with E-state index in [0.29, 0.717) is 19.7 Å². The molecule has 0 spiro atoms. The highest BCUT2D eigenvalue weighted by atomic mass is 79.9. The fourth-order valence-electron chi connectivity index (χ4n) is 1.88. The van der Waals surface area contributed by atoms with Crippen LogP contribution in [0.15, 0.2) is 60.7 Å². The van der Waals surface area contributed by atoms with Crippen LogP contribution in [0.4, 0.5) is 4.79 Å². The molecule has 4 nitrogen and oxygen atoms in total. The highest BCUT2D eigenvalue weighted by Crippen LogP contribution is 1.97. The molecule has 0 unspecified atom stereocenters. The van der Waals surface area contributed by atoms with E-state index in [-0.39, 0.29) is 6.09 Å². The lowest BCUT2D eigenvalue weighted by atomic mass is 10.2. The number of halogens is 1. The molecule has 2 aromatic carbocycles. The molecule has 0 aliphatic rings. The van der Waals surface area contributed by atoms with Gasteiger partial charge in [-0.25, -0.2) is 4.79 Å². The summed E-state index contributed by atoms with van der Waals surface area (Å²) in [5.41, 5.74) is 7.61. The number of rotatable bonds is 8. The quantitative estimate of drug-likeness (QED) is 0.380. The van der Waals surface area contributed by atoms with Gasteiger partial charge >= 0.3 is 6.09 Å². The Morgan fingerprint density at radius 3 is 1.86 bits per heavy atom. The van der Waals surface area contributed by atoms with Crippen LogP contribution in [0, 0.1) is 0 Å². The predicted octanol–water partition coefficient (Wildman–Crippen LogP) is 6.04. The maximum absolute atomic E-state index is 11.2. The predicted molar refractivity (Wildman–Crippen MR) is 123 cm³/mol. The minimum Gasteiger partial charge on any atom is -0.450 e. The third-order valence-corrected chi connectivity index (χ3v) is 4.14. The molecule has 0 aliphatic heterocycles. The number of alkyl carbamates (subject to hydrolysis) is 1. The van der Waals surface area contributed by atoms with Crippen LogP contribution in [-0.2, 0) is 17.8 Å². The number of unbranched alkanes of at least 4 members (excludes halogenated alkanes) is 2. The molecule has 0 aromatic heterocycles. The van der Waals surface area contributed by atoms with Gasteiger partial charge in [0.2, 0.25) is 0 Å². The zero-order valence-electron chi connectivity index (χ0n) is 17.2. The second-order valence-electron chi connectivity index (χ2n) is 6.06. The number of amides is 1. The van der Waals surface area contributed by atoms with Crippen molar-refractivity contribution in [3.05, 3.63) is 71.8 Å². The second kappa shape index (κ2) is 19.9. The van der Waals surface area contributed by atoms with Crippen LogP contribution in [0.3, 0.4) is 0 Å². The molecule has 0 saturated heterocycles. The van der Waals surface area contributed by atoms with Gasteiger partial charge in [0.05, 0.1) is 6.61 Å². The molecule has 0 bridgehead atoms. The first kappa shape index (κ1) is 26.1. The summed E-state index contributed by atoms with van der Waals surface area (Å²) in [6, 6.07) is 19.8. The van der Waals surface area contributed by atoms with Gasteiger partial charge in [0.1, 0.15) is 0 Å². The molecule has 0 saturated carbocycles. The van der Waals surface area contributed by atoms with Gasteiger partial charge in [-0.15, -0.1) is 0 Å². The van der Waals surface area contributed by atoms with Crippen molar-refractivity contribution in [1.82, 2.24) is 5.32 Å². The number of alkyl halides is 1. The number of hydrogen-bond acceptors (Lipinski definition) is 3. The first-order valence-electron chi connectivity index (χ1n) is 9.92. The largest absolute Gasteiger partial charge is 0.450 e. The van der Waals surface area contributed by atoms with Crippen molar-refractivity contribution in [3.8, 4) is 0 Å². The molecule has 5 heteroatoms. The lowest BCUT2D eigenvalue weighted by Gasteiger charge is -2.06. The smallest absolute Gasteiger partial charge is 0.407 e. The Morgan fingerprint density at radius 2 is 1.46 bits per heavy atom. The molecular weight excluding hydrogens is 416 g/mol. The van der Waals surface area contributed by atoms with Gasteiger partial charge in [-0.2, -0.15) is 0 Å². The Hall–Kier alpha value is -1.85. The summed E-state index contributed by atoms with van der Waals surface area (Å²) in [4.78, 5) is 11.2. The number of nitrogens with one attached hydrogen (secondary N) is 1. The van der Waals surface area contributed by atoms with Crippen molar-refractivity contribution in [3.63, 3.8) is 0 Å². The standard InChI is InChI=1S/C12H17NO2.C7H9N.C4H9Br/c1-2-3-9-15-12(14)13-10-11-7-5-4-6-8-11;8-6-7-4-2-1-3-5-7;1-2-3-4-5/h4-8H,2-3,9-10H2,1H3,(H,13,14);1-5H,6,8H2;2-4H2,1H3. The summed E-state index contributed by atoms with van der Waals surface area (Å²) in [6.07, 6.45) is 4.21. The number of hydrogen-bond donors (Lipinski definition) is 2. The second-order valence-corrected chi connectivity index (χ2v) is 6.85. The number of carbonyl (C=O) groups is 1. The molecule has 2 rings (SSSR count). The van der Waals surface area contributed by atoms with Crippen LogP contribution in [0.5, 0.6) is 0 Å². The molecule has 156 valence electrons. The van der Waals surface area contributed by atoms with Crippen molar-refractivity contribution >= 4 is 22.0 Å². The summed E-state index contributed by atoms with van der Waals surface area (Å²) >= 11 is 3.31. The minimum atomic E-state index is -0.340. The van der Waals surface area contributed by atoms with E-state index >= 15 is 0 Å². The SMILES string of the molecule is CCCCBr.CCCCOC(=O)NCc1ccccc1.NCc1ccccc1. The number of carbonyl (C=O) groups excluding carboxylic acids is 1. The molecule has 0 heterocycles. The summed E-state index contributed by atoms with van der Waals surface area (Å²) in [5, 5.41) is 3.85. The summed E-state index contributed by atoms with van der Waals surface area (Å²) in [7, 11) is 0. The van der Waals surface area contributed by atoms with Crippen LogP contribution in [0.1, 0.15) is 50.7 Å². The van der Waals surface area contributed by atoms with E-state index in [0.717, 1.165) is 23.7 Å². The normalized spacial score (nSPS) is 9.29. The van der Waals surface area contributed by atoms with Gasteiger partial charge in [0.15, 0.2) is 0 Å². The zero-order chi connectivity index (χ0) is 20.9. The minimum absolute atomic E-state index is 0.340. The lowest BCUT2D eigenvalue weighted by Crippen LogP contribution is -2.24. The molecule has 0 radical (unpaired) electrons. The van der Waals surface area contributed by atoms with Crippen LogP contribution < -0.4 is 11.1 Å². The van der Waals surface area contributed by atoms with Crippen LogP contribution >= 0.6 is 15.9 Å². The maximum Gasteiger partial charge on any atom is 0.407 e. The molecule has 2 aromatic rings. The number of nitrogens with two attached hydrogens (primary N) is 1. The summed E-state index contributed by atoms with van der Waals surface area (Å²) < 4.78 is 4.95. The Kier molecular flexibility index (Phi) is 18.6. The molecule has 1 amide bonds. The van der Waals surface area contributed by atoms with E-state index in [1.807, 2.05) is 60.7 Å². The van der Waals surface area contributed by atoms with E-state index < -0.39 is 0 Å². The first-order chi connectivity index (χ1) is 13.7. The van der Waals surface area contributed by atoms with Gasteiger partial charge < -0.3 is 15.8 Å². The Bertz CT molecular complexity index is 578. The summed E-state index contributed by atoms with van der Waals surface area (Å²) in [6.45, 7) is 5.90. The summed E-state index contributed by atoms with van der Waals surface area (Å²) in [5.74, 6) is 0. The molecule has 0 aliphatic carbocycles.